The number of nitrogens with one attached hydrogen (secondary N) is 3. The minimum absolute atomic E-state index is 0.122. The first-order valence-electron chi connectivity index (χ1n) is 7.66. The molecule has 0 radical (unpaired) electrons. The van der Waals surface area contributed by atoms with E-state index >= 15 is 0 Å². The number of amides is 2. The van der Waals surface area contributed by atoms with Crippen molar-refractivity contribution in [1.82, 2.24) is 5.32 Å². The minimum Gasteiger partial charge on any atom is -0.381 e. The maximum Gasteiger partial charge on any atom is 0.319 e. The van der Waals surface area contributed by atoms with E-state index in [-0.39, 0.29) is 6.03 Å². The van der Waals surface area contributed by atoms with E-state index in [0.29, 0.717) is 6.04 Å². The van der Waals surface area contributed by atoms with Crippen LogP contribution in [0.3, 0.4) is 0 Å². The Morgan fingerprint density at radius 2 is 1.82 bits per heavy atom. The lowest BCUT2D eigenvalue weighted by molar-refractivity contribution is 0.251. The zero-order valence-electron chi connectivity index (χ0n) is 12.7. The van der Waals surface area contributed by atoms with Gasteiger partial charge >= 0.3 is 6.03 Å². The van der Waals surface area contributed by atoms with Crippen molar-refractivity contribution < 1.29 is 4.79 Å². The highest BCUT2D eigenvalue weighted by Gasteiger charge is 2.23. The molecule has 3 N–H and O–H groups in total. The van der Waals surface area contributed by atoms with Crippen LogP contribution in [0.4, 0.5) is 16.2 Å². The van der Waals surface area contributed by atoms with Crippen LogP contribution in [0.1, 0.15) is 24.0 Å². The van der Waals surface area contributed by atoms with Crippen molar-refractivity contribution in [1.29, 1.82) is 0 Å². The number of carbonyl (C=O) groups excluding carboxylic acids is 1. The topological polar surface area (TPSA) is 53.2 Å². The van der Waals surface area contributed by atoms with Crippen LogP contribution in [0.25, 0.3) is 0 Å². The molecule has 4 nitrogen and oxygen atoms in total. The van der Waals surface area contributed by atoms with Crippen LogP contribution in [0, 0.1) is 6.92 Å². The average Bonchev–Trinajstić information content (AvgIpc) is 3.30. The molecule has 1 aliphatic carbocycles. The molecule has 114 valence electrons. The second-order valence-corrected chi connectivity index (χ2v) is 5.79. The number of carbonyl (C=O) groups is 1. The Hall–Kier alpha value is -2.49. The van der Waals surface area contributed by atoms with Crippen LogP contribution in [-0.4, -0.2) is 12.1 Å². The number of benzene rings is 2. The normalized spacial score (nSPS) is 13.5. The largest absolute Gasteiger partial charge is 0.381 e. The predicted molar refractivity (Wildman–Crippen MR) is 90.1 cm³/mol. The summed E-state index contributed by atoms with van der Waals surface area (Å²) in [5.41, 5.74) is 4.36. The quantitative estimate of drug-likeness (QED) is 0.784. The zero-order valence-corrected chi connectivity index (χ0v) is 12.7. The van der Waals surface area contributed by atoms with Gasteiger partial charge in [0.2, 0.25) is 0 Å². The molecule has 0 heterocycles. The summed E-state index contributed by atoms with van der Waals surface area (Å²) in [6, 6.07) is 16.5. The monoisotopic (exact) mass is 295 g/mol. The third-order valence-electron chi connectivity index (χ3n) is 3.63. The van der Waals surface area contributed by atoms with Crippen molar-refractivity contribution in [3.8, 4) is 0 Å². The maximum atomic E-state index is 11.7. The molecule has 3 rings (SSSR count). The van der Waals surface area contributed by atoms with Gasteiger partial charge in [0.1, 0.15) is 0 Å². The van der Waals surface area contributed by atoms with E-state index in [1.54, 1.807) is 0 Å². The molecule has 22 heavy (non-hydrogen) atoms. The number of anilines is 2. The lowest BCUT2D eigenvalue weighted by Crippen LogP contribution is -2.30. The van der Waals surface area contributed by atoms with Crippen LogP contribution in [0.5, 0.6) is 0 Å². The zero-order chi connectivity index (χ0) is 15.4. The van der Waals surface area contributed by atoms with Gasteiger partial charge in [0, 0.05) is 24.0 Å². The van der Waals surface area contributed by atoms with Crippen LogP contribution < -0.4 is 16.0 Å². The van der Waals surface area contributed by atoms with Crippen molar-refractivity contribution in [3.63, 3.8) is 0 Å². The number of hydrogen-bond donors (Lipinski definition) is 3. The standard InChI is InChI=1S/C18H21N3O/c1-13-3-2-4-14(11-13)12-19-15-5-7-16(8-6-15)20-18(22)21-17-9-10-17/h2-8,11,17,19H,9-10,12H2,1H3,(H2,20,21,22). The van der Waals surface area contributed by atoms with Gasteiger partial charge in [-0.25, -0.2) is 4.79 Å². The number of rotatable bonds is 5. The van der Waals surface area contributed by atoms with E-state index in [1.165, 1.54) is 11.1 Å². The molecule has 2 aromatic carbocycles. The molecule has 0 bridgehead atoms. The third-order valence-corrected chi connectivity index (χ3v) is 3.63. The van der Waals surface area contributed by atoms with Gasteiger partial charge in [-0.3, -0.25) is 0 Å². The van der Waals surface area contributed by atoms with E-state index in [9.17, 15) is 4.79 Å². The summed E-state index contributed by atoms with van der Waals surface area (Å²) in [5, 5.41) is 9.13. The summed E-state index contributed by atoms with van der Waals surface area (Å²) >= 11 is 0. The van der Waals surface area contributed by atoms with Gasteiger partial charge in [0.25, 0.3) is 0 Å². The number of aryl methyl sites for hydroxylation is 1. The Bertz CT molecular complexity index is 648. The molecule has 1 fully saturated rings. The Kier molecular flexibility index (Phi) is 4.28. The highest BCUT2D eigenvalue weighted by molar-refractivity contribution is 5.89. The molecular weight excluding hydrogens is 274 g/mol. The van der Waals surface area contributed by atoms with Gasteiger partial charge in [-0.2, -0.15) is 0 Å². The van der Waals surface area contributed by atoms with Gasteiger partial charge in [-0.1, -0.05) is 29.8 Å². The van der Waals surface area contributed by atoms with Crippen molar-refractivity contribution >= 4 is 17.4 Å². The Morgan fingerprint density at radius 3 is 2.50 bits per heavy atom. The Labute approximate surface area is 130 Å². The summed E-state index contributed by atoms with van der Waals surface area (Å²) in [4.78, 5) is 11.7. The molecule has 0 spiro atoms. The van der Waals surface area contributed by atoms with E-state index in [1.807, 2.05) is 24.3 Å². The smallest absolute Gasteiger partial charge is 0.319 e. The van der Waals surface area contributed by atoms with Gasteiger partial charge in [0.05, 0.1) is 0 Å². The molecule has 1 aliphatic rings. The Balaban J connectivity index is 1.51. The average molecular weight is 295 g/mol. The number of hydrogen-bond acceptors (Lipinski definition) is 2. The van der Waals surface area contributed by atoms with Crippen LogP contribution in [0.2, 0.25) is 0 Å². The lowest BCUT2D eigenvalue weighted by atomic mass is 10.1. The van der Waals surface area contributed by atoms with E-state index in [0.717, 1.165) is 30.8 Å². The molecule has 1 saturated carbocycles. The first kappa shape index (κ1) is 14.4. The SMILES string of the molecule is Cc1cccc(CNc2ccc(NC(=O)NC3CC3)cc2)c1. The fourth-order valence-corrected chi connectivity index (χ4v) is 2.28. The van der Waals surface area contributed by atoms with Crippen LogP contribution in [-0.2, 0) is 6.54 Å². The number of urea groups is 1. The summed E-state index contributed by atoms with van der Waals surface area (Å²) in [5.74, 6) is 0. The summed E-state index contributed by atoms with van der Waals surface area (Å²) < 4.78 is 0. The Morgan fingerprint density at radius 1 is 1.09 bits per heavy atom. The summed E-state index contributed by atoms with van der Waals surface area (Å²) in [6.45, 7) is 2.88. The molecule has 0 aromatic heterocycles. The molecule has 2 aromatic rings. The lowest BCUT2D eigenvalue weighted by Gasteiger charge is -2.09. The molecule has 4 heteroatoms. The maximum absolute atomic E-state index is 11.7. The highest BCUT2D eigenvalue weighted by Crippen LogP contribution is 2.19. The second kappa shape index (κ2) is 6.52. The van der Waals surface area contributed by atoms with Crippen molar-refractivity contribution in [2.75, 3.05) is 10.6 Å². The third kappa shape index (κ3) is 4.25. The van der Waals surface area contributed by atoms with Crippen molar-refractivity contribution in [3.05, 3.63) is 59.7 Å². The molecule has 0 saturated heterocycles. The first-order valence-corrected chi connectivity index (χ1v) is 7.66. The molecule has 0 unspecified atom stereocenters. The van der Waals surface area contributed by atoms with Gasteiger partial charge in [-0.05, 0) is 49.6 Å². The van der Waals surface area contributed by atoms with E-state index < -0.39 is 0 Å². The molecule has 0 aliphatic heterocycles. The predicted octanol–water partition coefficient (Wildman–Crippen LogP) is 3.89. The molecule has 0 atom stereocenters. The van der Waals surface area contributed by atoms with E-state index in [4.69, 9.17) is 0 Å². The van der Waals surface area contributed by atoms with Crippen LogP contribution in [0.15, 0.2) is 48.5 Å². The second-order valence-electron chi connectivity index (χ2n) is 5.79. The molecular formula is C18H21N3O. The molecule has 2 amide bonds. The fourth-order valence-electron chi connectivity index (χ4n) is 2.28. The van der Waals surface area contributed by atoms with Crippen molar-refractivity contribution in [2.45, 2.75) is 32.4 Å². The summed E-state index contributed by atoms with van der Waals surface area (Å²) in [6.07, 6.45) is 2.18. The van der Waals surface area contributed by atoms with Crippen molar-refractivity contribution in [2.24, 2.45) is 0 Å². The van der Waals surface area contributed by atoms with Gasteiger partial charge in [-0.15, -0.1) is 0 Å². The van der Waals surface area contributed by atoms with Gasteiger partial charge in [0.15, 0.2) is 0 Å². The highest BCUT2D eigenvalue weighted by atomic mass is 16.2. The minimum atomic E-state index is -0.122. The fraction of sp³-hybridized carbons (Fsp3) is 0.278. The first-order chi connectivity index (χ1) is 10.7. The van der Waals surface area contributed by atoms with E-state index in [2.05, 4.69) is 47.1 Å². The van der Waals surface area contributed by atoms with Gasteiger partial charge < -0.3 is 16.0 Å². The summed E-state index contributed by atoms with van der Waals surface area (Å²) in [7, 11) is 0. The van der Waals surface area contributed by atoms with Crippen LogP contribution >= 0.6 is 0 Å².